The predicted molar refractivity (Wildman–Crippen MR) is 98.6 cm³/mol. The van der Waals surface area contributed by atoms with E-state index in [9.17, 15) is 0 Å². The van der Waals surface area contributed by atoms with Crippen LogP contribution in [0.15, 0.2) is 29.3 Å². The van der Waals surface area contributed by atoms with E-state index in [4.69, 9.17) is 21.1 Å². The summed E-state index contributed by atoms with van der Waals surface area (Å²) >= 11 is 5.89. The minimum absolute atomic E-state index is 0.667. The van der Waals surface area contributed by atoms with Crippen molar-refractivity contribution in [3.63, 3.8) is 0 Å². The number of hydrogen-bond donors (Lipinski definition) is 2. The molecule has 2 rings (SSSR count). The third-order valence-corrected chi connectivity index (χ3v) is 4.30. The summed E-state index contributed by atoms with van der Waals surface area (Å²) in [6, 6.07) is 7.80. The first-order chi connectivity index (χ1) is 11.8. The molecule has 1 heterocycles. The highest BCUT2D eigenvalue weighted by atomic mass is 35.5. The van der Waals surface area contributed by atoms with Gasteiger partial charge in [-0.1, -0.05) is 23.7 Å². The van der Waals surface area contributed by atoms with Crippen LogP contribution in [-0.4, -0.2) is 46.0 Å². The van der Waals surface area contributed by atoms with Crippen LogP contribution in [0.1, 0.15) is 24.8 Å². The summed E-state index contributed by atoms with van der Waals surface area (Å²) in [6.07, 6.45) is 3.21. The zero-order chi connectivity index (χ0) is 17.0. The smallest absolute Gasteiger partial charge is 0.191 e. The lowest BCUT2D eigenvalue weighted by Crippen LogP contribution is -2.37. The molecule has 2 N–H and O–H groups in total. The van der Waals surface area contributed by atoms with Crippen molar-refractivity contribution >= 4 is 17.6 Å². The van der Waals surface area contributed by atoms with Crippen LogP contribution in [-0.2, 0) is 16.0 Å². The molecule has 1 aromatic carbocycles. The van der Waals surface area contributed by atoms with Crippen molar-refractivity contribution in [3.8, 4) is 0 Å². The number of rotatable bonds is 8. The molecular formula is C18H28ClN3O2. The van der Waals surface area contributed by atoms with Gasteiger partial charge in [-0.25, -0.2) is 0 Å². The van der Waals surface area contributed by atoms with Crippen LogP contribution in [0.5, 0.6) is 0 Å². The molecule has 0 aromatic heterocycles. The molecule has 1 aliphatic heterocycles. The first-order valence-corrected chi connectivity index (χ1v) is 9.00. The topological polar surface area (TPSA) is 54.9 Å². The highest BCUT2D eigenvalue weighted by Crippen LogP contribution is 2.14. The number of benzene rings is 1. The Bertz CT molecular complexity index is 488. The van der Waals surface area contributed by atoms with Gasteiger partial charge >= 0.3 is 0 Å². The molecule has 0 unspecified atom stereocenters. The third-order valence-electron chi connectivity index (χ3n) is 4.05. The Balaban J connectivity index is 1.52. The molecule has 134 valence electrons. The number of halogens is 1. The number of nitrogens with zero attached hydrogens (tertiary/aromatic N) is 1. The summed E-state index contributed by atoms with van der Waals surface area (Å²) in [4.78, 5) is 4.23. The molecule has 0 aliphatic carbocycles. The van der Waals surface area contributed by atoms with E-state index in [2.05, 4.69) is 15.6 Å². The zero-order valence-electron chi connectivity index (χ0n) is 14.4. The van der Waals surface area contributed by atoms with Gasteiger partial charge in [-0.2, -0.15) is 0 Å². The van der Waals surface area contributed by atoms with Gasteiger partial charge in [-0.05, 0) is 42.9 Å². The van der Waals surface area contributed by atoms with Gasteiger partial charge < -0.3 is 20.1 Å². The van der Waals surface area contributed by atoms with Crippen molar-refractivity contribution in [2.45, 2.75) is 25.8 Å². The molecule has 5 nitrogen and oxygen atoms in total. The molecule has 1 fully saturated rings. The van der Waals surface area contributed by atoms with Gasteiger partial charge in [-0.15, -0.1) is 0 Å². The van der Waals surface area contributed by atoms with Crippen molar-refractivity contribution in [3.05, 3.63) is 34.9 Å². The molecule has 0 spiro atoms. The number of aliphatic imine (C=N–C) groups is 1. The monoisotopic (exact) mass is 353 g/mol. The second-order valence-electron chi connectivity index (χ2n) is 5.96. The van der Waals surface area contributed by atoms with Gasteiger partial charge in [0, 0.05) is 51.6 Å². The quantitative estimate of drug-likeness (QED) is 0.428. The van der Waals surface area contributed by atoms with E-state index in [1.807, 2.05) is 24.3 Å². The third kappa shape index (κ3) is 7.51. The lowest BCUT2D eigenvalue weighted by Gasteiger charge is -2.21. The summed E-state index contributed by atoms with van der Waals surface area (Å²) in [7, 11) is 1.78. The Kier molecular flexibility index (Phi) is 8.95. The summed E-state index contributed by atoms with van der Waals surface area (Å²) in [5.41, 5.74) is 1.17. The lowest BCUT2D eigenvalue weighted by atomic mass is 10.0. The van der Waals surface area contributed by atoms with Crippen LogP contribution in [0.2, 0.25) is 5.02 Å². The van der Waals surface area contributed by atoms with Crippen LogP contribution in [0.25, 0.3) is 0 Å². The summed E-state index contributed by atoms with van der Waals surface area (Å²) in [5.74, 6) is 1.47. The van der Waals surface area contributed by atoms with Crippen LogP contribution in [0, 0.1) is 5.92 Å². The van der Waals surface area contributed by atoms with Crippen molar-refractivity contribution in [1.82, 2.24) is 10.6 Å². The van der Waals surface area contributed by atoms with Gasteiger partial charge in [-0.3, -0.25) is 4.99 Å². The maximum atomic E-state index is 5.89. The van der Waals surface area contributed by atoms with E-state index >= 15 is 0 Å². The van der Waals surface area contributed by atoms with Crippen molar-refractivity contribution < 1.29 is 9.47 Å². The molecule has 6 heteroatoms. The Morgan fingerprint density at radius 2 is 2.00 bits per heavy atom. The average Bonchev–Trinajstić information content (AvgIpc) is 2.63. The van der Waals surface area contributed by atoms with Gasteiger partial charge in [0.05, 0.1) is 0 Å². The predicted octanol–water partition coefficient (Wildman–Crippen LogP) is 2.84. The molecule has 1 aromatic rings. The van der Waals surface area contributed by atoms with E-state index in [-0.39, 0.29) is 0 Å². The van der Waals surface area contributed by atoms with E-state index in [1.54, 1.807) is 7.05 Å². The maximum absolute atomic E-state index is 5.89. The molecule has 1 aliphatic rings. The van der Waals surface area contributed by atoms with E-state index in [0.717, 1.165) is 69.8 Å². The van der Waals surface area contributed by atoms with Gasteiger partial charge in [0.25, 0.3) is 0 Å². The van der Waals surface area contributed by atoms with E-state index in [1.165, 1.54) is 5.56 Å². The van der Waals surface area contributed by atoms with Gasteiger partial charge in [0.2, 0.25) is 0 Å². The lowest BCUT2D eigenvalue weighted by molar-refractivity contribution is 0.0203. The Hall–Kier alpha value is -1.30. The summed E-state index contributed by atoms with van der Waals surface area (Å²) < 4.78 is 11.1. The molecule has 0 radical (unpaired) electrons. The van der Waals surface area contributed by atoms with Crippen molar-refractivity contribution in [2.24, 2.45) is 10.9 Å². The Morgan fingerprint density at radius 3 is 2.71 bits per heavy atom. The molecule has 0 bridgehead atoms. The van der Waals surface area contributed by atoms with Gasteiger partial charge in [0.15, 0.2) is 5.96 Å². The molecule has 0 saturated carbocycles. The highest BCUT2D eigenvalue weighted by Gasteiger charge is 2.13. The average molecular weight is 354 g/mol. The Labute approximate surface area is 149 Å². The van der Waals surface area contributed by atoms with Crippen LogP contribution in [0.3, 0.4) is 0 Å². The SMILES string of the molecule is CN=C(NCCCOCC1CCOCC1)NCc1ccc(Cl)cc1. The number of guanidine groups is 1. The summed E-state index contributed by atoms with van der Waals surface area (Å²) in [6.45, 7) is 4.95. The number of hydrogen-bond acceptors (Lipinski definition) is 3. The second-order valence-corrected chi connectivity index (χ2v) is 6.40. The fourth-order valence-corrected chi connectivity index (χ4v) is 2.68. The van der Waals surface area contributed by atoms with Crippen molar-refractivity contribution in [1.29, 1.82) is 0 Å². The fourth-order valence-electron chi connectivity index (χ4n) is 2.55. The van der Waals surface area contributed by atoms with Crippen LogP contribution >= 0.6 is 11.6 Å². The molecule has 0 amide bonds. The van der Waals surface area contributed by atoms with Gasteiger partial charge in [0.1, 0.15) is 0 Å². The minimum Gasteiger partial charge on any atom is -0.381 e. The van der Waals surface area contributed by atoms with E-state index in [0.29, 0.717) is 5.92 Å². The summed E-state index contributed by atoms with van der Waals surface area (Å²) in [5, 5.41) is 7.34. The van der Waals surface area contributed by atoms with Crippen molar-refractivity contribution in [2.75, 3.05) is 40.0 Å². The normalized spacial score (nSPS) is 16.2. The molecule has 1 saturated heterocycles. The highest BCUT2D eigenvalue weighted by molar-refractivity contribution is 6.30. The zero-order valence-corrected chi connectivity index (χ0v) is 15.1. The molecule has 0 atom stereocenters. The second kappa shape index (κ2) is 11.3. The standard InChI is InChI=1S/C18H28ClN3O2/c1-20-18(22-13-15-3-5-17(19)6-4-15)21-9-2-10-24-14-16-7-11-23-12-8-16/h3-6,16H,2,7-14H2,1H3,(H2,20,21,22). The first kappa shape index (κ1) is 19.0. The largest absolute Gasteiger partial charge is 0.381 e. The van der Waals surface area contributed by atoms with E-state index < -0.39 is 0 Å². The van der Waals surface area contributed by atoms with Crippen LogP contribution in [0.4, 0.5) is 0 Å². The molecular weight excluding hydrogens is 326 g/mol. The fraction of sp³-hybridized carbons (Fsp3) is 0.611. The maximum Gasteiger partial charge on any atom is 0.191 e. The number of ether oxygens (including phenoxy) is 2. The van der Waals surface area contributed by atoms with Crippen LogP contribution < -0.4 is 10.6 Å². The number of nitrogens with one attached hydrogen (secondary N) is 2. The molecule has 24 heavy (non-hydrogen) atoms. The minimum atomic E-state index is 0.667. The first-order valence-electron chi connectivity index (χ1n) is 8.62. The Morgan fingerprint density at radius 1 is 1.25 bits per heavy atom.